The van der Waals surface area contributed by atoms with Crippen LogP contribution in [0.2, 0.25) is 0 Å². The first-order chi connectivity index (χ1) is 7.83. The van der Waals surface area contributed by atoms with E-state index in [0.717, 1.165) is 36.2 Å². The number of nitrogens with two attached hydrogens (primary N) is 1. The number of fused-ring (bicyclic) bond motifs is 1. The van der Waals surface area contributed by atoms with Crippen LogP contribution >= 0.6 is 0 Å². The minimum absolute atomic E-state index is 0.407. The number of hydrogen-bond acceptors (Lipinski definition) is 4. The van der Waals surface area contributed by atoms with Crippen molar-refractivity contribution >= 4 is 16.8 Å². The lowest BCUT2D eigenvalue weighted by atomic mass is 9.81. The van der Waals surface area contributed by atoms with Gasteiger partial charge in [-0.25, -0.2) is 4.98 Å². The number of nitrogens with one attached hydrogen (secondary N) is 1. The number of hydrogen-bond donors (Lipinski definition) is 2. The van der Waals surface area contributed by atoms with Crippen LogP contribution in [-0.4, -0.2) is 17.6 Å². The molecular weight excluding hydrogens is 202 g/mol. The van der Waals surface area contributed by atoms with Crippen molar-refractivity contribution in [3.05, 3.63) is 24.6 Å². The van der Waals surface area contributed by atoms with Crippen LogP contribution in [0, 0.1) is 5.92 Å². The zero-order valence-electron chi connectivity index (χ0n) is 9.02. The Kier molecular flexibility index (Phi) is 2.29. The molecule has 4 nitrogen and oxygen atoms in total. The lowest BCUT2D eigenvalue weighted by molar-refractivity contribution is 0.280. The van der Waals surface area contributed by atoms with E-state index in [1.54, 1.807) is 12.5 Å². The highest BCUT2D eigenvalue weighted by atomic mass is 16.3. The number of aromatic nitrogens is 1. The van der Waals surface area contributed by atoms with Gasteiger partial charge in [0.25, 0.3) is 0 Å². The van der Waals surface area contributed by atoms with Gasteiger partial charge in [-0.2, -0.15) is 0 Å². The summed E-state index contributed by atoms with van der Waals surface area (Å²) in [5, 5.41) is 4.42. The topological polar surface area (TPSA) is 64.1 Å². The normalized spacial score (nSPS) is 24.3. The monoisotopic (exact) mass is 217 g/mol. The Hall–Kier alpha value is -1.55. The number of rotatable bonds is 3. The summed E-state index contributed by atoms with van der Waals surface area (Å²) in [4.78, 5) is 4.33. The Morgan fingerprint density at radius 1 is 1.44 bits per heavy atom. The minimum atomic E-state index is 0.407. The first-order valence-electron chi connectivity index (χ1n) is 5.64. The molecule has 2 aromatic heterocycles. The van der Waals surface area contributed by atoms with Gasteiger partial charge in [0.1, 0.15) is 11.4 Å². The summed E-state index contributed by atoms with van der Waals surface area (Å²) >= 11 is 0. The molecule has 16 heavy (non-hydrogen) atoms. The largest absolute Gasteiger partial charge is 0.464 e. The van der Waals surface area contributed by atoms with Crippen molar-refractivity contribution in [3.63, 3.8) is 0 Å². The molecule has 84 valence electrons. The smallest absolute Gasteiger partial charge is 0.139 e. The average Bonchev–Trinajstić information content (AvgIpc) is 2.71. The quantitative estimate of drug-likeness (QED) is 0.825. The van der Waals surface area contributed by atoms with Gasteiger partial charge in [0, 0.05) is 18.8 Å². The molecule has 0 radical (unpaired) electrons. The predicted octanol–water partition coefficient (Wildman–Crippen LogP) is 1.98. The highest BCUT2D eigenvalue weighted by Gasteiger charge is 2.25. The Bertz CT molecular complexity index is 488. The molecule has 3 rings (SSSR count). The van der Waals surface area contributed by atoms with Crippen LogP contribution < -0.4 is 11.1 Å². The van der Waals surface area contributed by atoms with Crippen molar-refractivity contribution in [2.24, 2.45) is 11.7 Å². The number of nitrogens with zero attached hydrogens (tertiary/aromatic N) is 1. The Morgan fingerprint density at radius 2 is 2.31 bits per heavy atom. The molecular formula is C12H15N3O. The molecule has 1 aliphatic rings. The van der Waals surface area contributed by atoms with Crippen molar-refractivity contribution in [2.45, 2.75) is 18.9 Å². The second-order valence-electron chi connectivity index (χ2n) is 4.47. The lowest BCUT2D eigenvalue weighted by Gasteiger charge is -2.32. The molecule has 0 unspecified atom stereocenters. The zero-order chi connectivity index (χ0) is 11.0. The first-order valence-corrected chi connectivity index (χ1v) is 5.64. The van der Waals surface area contributed by atoms with Crippen LogP contribution in [0.1, 0.15) is 12.8 Å². The SMILES string of the molecule is NC1CC(CNc2nccc3occc23)C1. The fourth-order valence-electron chi connectivity index (χ4n) is 2.23. The van der Waals surface area contributed by atoms with E-state index in [1.807, 2.05) is 12.1 Å². The summed E-state index contributed by atoms with van der Waals surface area (Å²) in [5.41, 5.74) is 6.63. The molecule has 2 aromatic rings. The van der Waals surface area contributed by atoms with E-state index in [4.69, 9.17) is 10.2 Å². The summed E-state index contributed by atoms with van der Waals surface area (Å²) < 4.78 is 5.32. The summed E-state index contributed by atoms with van der Waals surface area (Å²) in [6.07, 6.45) is 5.69. The molecule has 1 aliphatic carbocycles. The van der Waals surface area contributed by atoms with E-state index in [1.165, 1.54) is 0 Å². The van der Waals surface area contributed by atoms with E-state index in [2.05, 4.69) is 10.3 Å². The molecule has 3 N–H and O–H groups in total. The number of pyridine rings is 1. The molecule has 1 fully saturated rings. The van der Waals surface area contributed by atoms with Gasteiger partial charge in [-0.3, -0.25) is 0 Å². The van der Waals surface area contributed by atoms with E-state index < -0.39 is 0 Å². The Morgan fingerprint density at radius 3 is 3.12 bits per heavy atom. The van der Waals surface area contributed by atoms with Crippen LogP contribution in [0.4, 0.5) is 5.82 Å². The Labute approximate surface area is 93.8 Å². The van der Waals surface area contributed by atoms with Gasteiger partial charge in [0.2, 0.25) is 0 Å². The third kappa shape index (κ3) is 1.65. The maximum absolute atomic E-state index is 5.75. The van der Waals surface area contributed by atoms with Crippen molar-refractivity contribution in [1.82, 2.24) is 4.98 Å². The molecule has 0 saturated heterocycles. The third-order valence-electron chi connectivity index (χ3n) is 3.21. The van der Waals surface area contributed by atoms with E-state index in [-0.39, 0.29) is 0 Å². The summed E-state index contributed by atoms with van der Waals surface area (Å²) in [6.45, 7) is 0.949. The van der Waals surface area contributed by atoms with Crippen molar-refractivity contribution in [1.29, 1.82) is 0 Å². The van der Waals surface area contributed by atoms with E-state index in [0.29, 0.717) is 12.0 Å². The van der Waals surface area contributed by atoms with Gasteiger partial charge < -0.3 is 15.5 Å². The van der Waals surface area contributed by atoms with Gasteiger partial charge in [-0.15, -0.1) is 0 Å². The molecule has 2 heterocycles. The fourth-order valence-corrected chi connectivity index (χ4v) is 2.23. The van der Waals surface area contributed by atoms with E-state index in [9.17, 15) is 0 Å². The van der Waals surface area contributed by atoms with Crippen LogP contribution in [0.25, 0.3) is 11.0 Å². The summed E-state index contributed by atoms with van der Waals surface area (Å²) in [7, 11) is 0. The van der Waals surface area contributed by atoms with Gasteiger partial charge >= 0.3 is 0 Å². The number of furan rings is 1. The second-order valence-corrected chi connectivity index (χ2v) is 4.47. The average molecular weight is 217 g/mol. The minimum Gasteiger partial charge on any atom is -0.464 e. The molecule has 0 aliphatic heterocycles. The zero-order valence-corrected chi connectivity index (χ0v) is 9.02. The highest BCUT2D eigenvalue weighted by Crippen LogP contribution is 2.27. The molecule has 0 amide bonds. The lowest BCUT2D eigenvalue weighted by Crippen LogP contribution is -2.39. The second kappa shape index (κ2) is 3.79. The molecule has 1 saturated carbocycles. The standard InChI is InChI=1S/C12H15N3O/c13-9-5-8(6-9)7-15-12-10-2-4-16-11(10)1-3-14-12/h1-4,8-9H,5-7,13H2,(H,14,15). The number of anilines is 1. The Balaban J connectivity index is 1.71. The maximum atomic E-state index is 5.75. The van der Waals surface area contributed by atoms with Crippen molar-refractivity contribution < 1.29 is 4.42 Å². The van der Waals surface area contributed by atoms with Gasteiger partial charge in [0.15, 0.2) is 0 Å². The van der Waals surface area contributed by atoms with Crippen LogP contribution in [0.15, 0.2) is 29.0 Å². The van der Waals surface area contributed by atoms with Gasteiger partial charge in [-0.1, -0.05) is 0 Å². The molecule has 0 bridgehead atoms. The molecule has 0 atom stereocenters. The molecule has 0 aromatic carbocycles. The predicted molar refractivity (Wildman–Crippen MR) is 63.2 cm³/mol. The maximum Gasteiger partial charge on any atom is 0.139 e. The van der Waals surface area contributed by atoms with Gasteiger partial charge in [-0.05, 0) is 30.9 Å². The fraction of sp³-hybridized carbons (Fsp3) is 0.417. The van der Waals surface area contributed by atoms with Crippen LogP contribution in [-0.2, 0) is 0 Å². The van der Waals surface area contributed by atoms with Crippen LogP contribution in [0.3, 0.4) is 0 Å². The first kappa shape index (κ1) is 9.66. The van der Waals surface area contributed by atoms with Crippen LogP contribution in [0.5, 0.6) is 0 Å². The molecule has 4 heteroatoms. The summed E-state index contributed by atoms with van der Waals surface area (Å²) in [6, 6.07) is 4.22. The third-order valence-corrected chi connectivity index (χ3v) is 3.21. The van der Waals surface area contributed by atoms with Crippen molar-refractivity contribution in [2.75, 3.05) is 11.9 Å². The molecule has 0 spiro atoms. The highest BCUT2D eigenvalue weighted by molar-refractivity contribution is 5.87. The summed E-state index contributed by atoms with van der Waals surface area (Å²) in [5.74, 6) is 1.60. The van der Waals surface area contributed by atoms with Gasteiger partial charge in [0.05, 0.1) is 11.6 Å². The van der Waals surface area contributed by atoms with Crippen molar-refractivity contribution in [3.8, 4) is 0 Å². The van der Waals surface area contributed by atoms with E-state index >= 15 is 0 Å².